The summed E-state index contributed by atoms with van der Waals surface area (Å²) in [5.41, 5.74) is 1.81. The normalized spacial score (nSPS) is 12.0. The summed E-state index contributed by atoms with van der Waals surface area (Å²) in [6.07, 6.45) is 1.80. The van der Waals surface area contributed by atoms with Crippen molar-refractivity contribution in [1.82, 2.24) is 0 Å². The highest BCUT2D eigenvalue weighted by Crippen LogP contribution is 2.17. The zero-order valence-corrected chi connectivity index (χ0v) is 12.2. The van der Waals surface area contributed by atoms with Gasteiger partial charge in [-0.2, -0.15) is 0 Å². The molecule has 0 radical (unpaired) electrons. The van der Waals surface area contributed by atoms with Crippen LogP contribution in [0.2, 0.25) is 0 Å². The summed E-state index contributed by atoms with van der Waals surface area (Å²) in [6, 6.07) is 11.9. The van der Waals surface area contributed by atoms with Crippen molar-refractivity contribution in [2.75, 3.05) is 12.4 Å². The molecule has 1 atom stereocenters. The fraction of sp³-hybridized carbons (Fsp3) is 0.294. The smallest absolute Gasteiger partial charge is 0.160 e. The molecular weight excluding hydrogens is 272 g/mol. The Morgan fingerprint density at radius 2 is 1.76 bits per heavy atom. The number of hydrogen-bond donors (Lipinski definition) is 1. The van der Waals surface area contributed by atoms with Crippen LogP contribution in [0.4, 0.5) is 14.5 Å². The van der Waals surface area contributed by atoms with Crippen LogP contribution in [-0.4, -0.2) is 13.2 Å². The molecule has 2 rings (SSSR count). The molecule has 1 N–H and O–H groups in total. The van der Waals surface area contributed by atoms with Gasteiger partial charge in [0, 0.05) is 17.8 Å². The summed E-state index contributed by atoms with van der Waals surface area (Å²) in [5, 5.41) is 3.17. The van der Waals surface area contributed by atoms with Crippen LogP contribution in [0.3, 0.4) is 0 Å². The van der Waals surface area contributed by atoms with Crippen LogP contribution >= 0.6 is 0 Å². The first kappa shape index (κ1) is 15.3. The van der Waals surface area contributed by atoms with Gasteiger partial charge in [0.25, 0.3) is 0 Å². The van der Waals surface area contributed by atoms with Crippen LogP contribution in [-0.2, 0) is 6.42 Å². The minimum atomic E-state index is -0.831. The Morgan fingerprint density at radius 1 is 1.05 bits per heavy atom. The highest BCUT2D eigenvalue weighted by atomic mass is 19.2. The monoisotopic (exact) mass is 291 g/mol. The molecule has 0 aromatic heterocycles. The molecule has 0 aliphatic carbocycles. The van der Waals surface area contributed by atoms with E-state index in [0.717, 1.165) is 24.7 Å². The Kier molecular flexibility index (Phi) is 5.14. The highest BCUT2D eigenvalue weighted by Gasteiger charge is 2.06. The van der Waals surface area contributed by atoms with E-state index in [0.29, 0.717) is 5.69 Å². The average molecular weight is 291 g/mol. The van der Waals surface area contributed by atoms with Gasteiger partial charge in [0.1, 0.15) is 5.75 Å². The second kappa shape index (κ2) is 7.07. The fourth-order valence-electron chi connectivity index (χ4n) is 2.12. The molecule has 2 nitrogen and oxygen atoms in total. The largest absolute Gasteiger partial charge is 0.497 e. The van der Waals surface area contributed by atoms with E-state index in [2.05, 4.69) is 5.32 Å². The molecule has 0 bridgehead atoms. The van der Waals surface area contributed by atoms with Crippen molar-refractivity contribution in [2.24, 2.45) is 0 Å². The number of anilines is 1. The summed E-state index contributed by atoms with van der Waals surface area (Å²) in [5.74, 6) is -0.819. The van der Waals surface area contributed by atoms with Crippen molar-refractivity contribution in [1.29, 1.82) is 0 Å². The van der Waals surface area contributed by atoms with Crippen molar-refractivity contribution in [3.05, 3.63) is 59.7 Å². The van der Waals surface area contributed by atoms with Crippen molar-refractivity contribution >= 4 is 5.69 Å². The fourth-order valence-corrected chi connectivity index (χ4v) is 2.12. The molecule has 0 spiro atoms. The molecule has 2 aromatic carbocycles. The van der Waals surface area contributed by atoms with Crippen LogP contribution in [0.5, 0.6) is 5.75 Å². The van der Waals surface area contributed by atoms with Gasteiger partial charge in [-0.05, 0) is 49.6 Å². The predicted molar refractivity (Wildman–Crippen MR) is 80.8 cm³/mol. The third-order valence-electron chi connectivity index (χ3n) is 3.36. The Labute approximate surface area is 123 Å². The lowest BCUT2D eigenvalue weighted by atomic mass is 10.1. The third kappa shape index (κ3) is 4.45. The van der Waals surface area contributed by atoms with Crippen LogP contribution in [0, 0.1) is 11.6 Å². The van der Waals surface area contributed by atoms with Crippen molar-refractivity contribution in [3.8, 4) is 5.75 Å². The SMILES string of the molecule is COc1ccc(CC[C@H](C)Nc2ccc(F)c(F)c2)cc1. The lowest BCUT2D eigenvalue weighted by Gasteiger charge is -2.15. The Bertz CT molecular complexity index is 584. The molecule has 0 unspecified atom stereocenters. The number of nitrogens with one attached hydrogen (secondary N) is 1. The molecule has 0 saturated carbocycles. The van der Waals surface area contributed by atoms with E-state index in [-0.39, 0.29) is 6.04 Å². The van der Waals surface area contributed by atoms with Gasteiger partial charge in [0.15, 0.2) is 11.6 Å². The zero-order chi connectivity index (χ0) is 15.2. The molecule has 0 saturated heterocycles. The molecule has 0 fully saturated rings. The van der Waals surface area contributed by atoms with Gasteiger partial charge in [-0.1, -0.05) is 12.1 Å². The Hall–Kier alpha value is -2.10. The predicted octanol–water partition coefficient (Wildman–Crippen LogP) is 4.41. The number of methoxy groups -OCH3 is 1. The molecule has 0 aliphatic heterocycles. The number of rotatable bonds is 6. The van der Waals surface area contributed by atoms with Gasteiger partial charge in [-0.25, -0.2) is 8.78 Å². The molecule has 112 valence electrons. The first-order valence-corrected chi connectivity index (χ1v) is 6.93. The van der Waals surface area contributed by atoms with E-state index >= 15 is 0 Å². The van der Waals surface area contributed by atoms with Crippen molar-refractivity contribution in [3.63, 3.8) is 0 Å². The second-order valence-corrected chi connectivity index (χ2v) is 5.06. The zero-order valence-electron chi connectivity index (χ0n) is 12.2. The maximum Gasteiger partial charge on any atom is 0.160 e. The maximum absolute atomic E-state index is 13.1. The molecular formula is C17H19F2NO. The summed E-state index contributed by atoms with van der Waals surface area (Å²) in [4.78, 5) is 0. The number of hydrogen-bond acceptors (Lipinski definition) is 2. The van der Waals surface area contributed by atoms with Crippen molar-refractivity contribution < 1.29 is 13.5 Å². The molecule has 0 heterocycles. The van der Waals surface area contributed by atoms with E-state index in [4.69, 9.17) is 4.74 Å². The van der Waals surface area contributed by atoms with Gasteiger partial charge in [-0.3, -0.25) is 0 Å². The van der Waals surface area contributed by atoms with E-state index in [9.17, 15) is 8.78 Å². The van der Waals surface area contributed by atoms with Gasteiger partial charge >= 0.3 is 0 Å². The highest BCUT2D eigenvalue weighted by molar-refractivity contribution is 5.44. The van der Waals surface area contributed by atoms with Gasteiger partial charge < -0.3 is 10.1 Å². The van der Waals surface area contributed by atoms with Gasteiger partial charge in [0.2, 0.25) is 0 Å². The van der Waals surface area contributed by atoms with E-state index < -0.39 is 11.6 Å². The molecule has 4 heteroatoms. The quantitative estimate of drug-likeness (QED) is 0.851. The topological polar surface area (TPSA) is 21.3 Å². The lowest BCUT2D eigenvalue weighted by molar-refractivity contribution is 0.414. The maximum atomic E-state index is 13.1. The van der Waals surface area contributed by atoms with Crippen LogP contribution in [0.25, 0.3) is 0 Å². The lowest BCUT2D eigenvalue weighted by Crippen LogP contribution is -2.16. The van der Waals surface area contributed by atoms with Crippen LogP contribution in [0.1, 0.15) is 18.9 Å². The minimum absolute atomic E-state index is 0.164. The molecule has 2 aromatic rings. The summed E-state index contributed by atoms with van der Waals surface area (Å²) in [6.45, 7) is 2.02. The second-order valence-electron chi connectivity index (χ2n) is 5.06. The van der Waals surface area contributed by atoms with E-state index in [1.165, 1.54) is 11.6 Å². The standard InChI is InChI=1S/C17H19F2NO/c1-12(20-14-7-10-16(18)17(19)11-14)3-4-13-5-8-15(21-2)9-6-13/h5-12,20H,3-4H2,1-2H3/t12-/m0/s1. The Morgan fingerprint density at radius 3 is 2.38 bits per heavy atom. The third-order valence-corrected chi connectivity index (χ3v) is 3.36. The average Bonchev–Trinajstić information content (AvgIpc) is 2.49. The van der Waals surface area contributed by atoms with Crippen LogP contribution < -0.4 is 10.1 Å². The van der Waals surface area contributed by atoms with E-state index in [1.54, 1.807) is 13.2 Å². The van der Waals surface area contributed by atoms with Crippen molar-refractivity contribution in [2.45, 2.75) is 25.8 Å². The minimum Gasteiger partial charge on any atom is -0.497 e. The van der Waals surface area contributed by atoms with E-state index in [1.807, 2.05) is 31.2 Å². The summed E-state index contributed by atoms with van der Waals surface area (Å²) >= 11 is 0. The molecule has 21 heavy (non-hydrogen) atoms. The first-order valence-electron chi connectivity index (χ1n) is 6.93. The Balaban J connectivity index is 1.86. The van der Waals surface area contributed by atoms with Gasteiger partial charge in [-0.15, -0.1) is 0 Å². The van der Waals surface area contributed by atoms with Crippen LogP contribution in [0.15, 0.2) is 42.5 Å². The molecule has 0 amide bonds. The summed E-state index contributed by atoms with van der Waals surface area (Å²) < 4.78 is 31.1. The summed E-state index contributed by atoms with van der Waals surface area (Å²) in [7, 11) is 1.64. The molecule has 0 aliphatic rings. The number of halogens is 2. The number of benzene rings is 2. The van der Waals surface area contributed by atoms with Gasteiger partial charge in [0.05, 0.1) is 7.11 Å². The number of aryl methyl sites for hydroxylation is 1. The number of ether oxygens (including phenoxy) is 1. The first-order chi connectivity index (χ1) is 10.1.